The topological polar surface area (TPSA) is 99.6 Å². The number of nitrogens with one attached hydrogen (secondary N) is 1. The van der Waals surface area contributed by atoms with Gasteiger partial charge in [-0.15, -0.1) is 10.2 Å². The number of nitrogens with zero attached hydrogens (tertiary/aromatic N) is 4. The van der Waals surface area contributed by atoms with E-state index in [4.69, 9.17) is 15.2 Å². The van der Waals surface area contributed by atoms with Crippen LogP contribution in [0, 0.1) is 0 Å². The molecule has 26 heavy (non-hydrogen) atoms. The molecule has 2 heterocycles. The standard InChI is InChI=1S/C18H26N6O2/c1-25-14-8-7-13(10-15(14)26-2)11-20-18(19)21-12-17-23-22-16-6-4-3-5-9-24(16)17/h7-8,10H,3-6,9,11-12H2,1-2H3,(H3,19,20,21). The molecular weight excluding hydrogens is 332 g/mol. The van der Waals surface area contributed by atoms with Gasteiger partial charge in [-0.05, 0) is 30.5 Å². The third-order valence-electron chi connectivity index (χ3n) is 4.49. The van der Waals surface area contributed by atoms with Crippen LogP contribution in [0.3, 0.4) is 0 Å². The highest BCUT2D eigenvalue weighted by Gasteiger charge is 2.14. The maximum atomic E-state index is 6.00. The monoisotopic (exact) mass is 358 g/mol. The summed E-state index contributed by atoms with van der Waals surface area (Å²) in [6.07, 6.45) is 4.59. The van der Waals surface area contributed by atoms with Gasteiger partial charge in [-0.2, -0.15) is 0 Å². The molecule has 0 saturated heterocycles. The maximum absolute atomic E-state index is 6.00. The highest BCUT2D eigenvalue weighted by atomic mass is 16.5. The van der Waals surface area contributed by atoms with Crippen molar-refractivity contribution in [3.8, 4) is 11.5 Å². The number of hydrogen-bond donors (Lipinski definition) is 2. The minimum Gasteiger partial charge on any atom is -0.493 e. The molecule has 0 spiro atoms. The van der Waals surface area contributed by atoms with Gasteiger partial charge in [0, 0.05) is 13.0 Å². The van der Waals surface area contributed by atoms with Crippen molar-refractivity contribution < 1.29 is 9.47 Å². The average Bonchev–Trinajstić information content (AvgIpc) is 2.90. The Morgan fingerprint density at radius 2 is 2.04 bits per heavy atom. The summed E-state index contributed by atoms with van der Waals surface area (Å²) in [5.41, 5.74) is 6.99. The number of aromatic nitrogens is 3. The molecular formula is C18H26N6O2. The van der Waals surface area contributed by atoms with Gasteiger partial charge in [0.15, 0.2) is 23.3 Å². The second kappa shape index (κ2) is 8.55. The molecule has 0 unspecified atom stereocenters. The lowest BCUT2D eigenvalue weighted by atomic mass is 10.2. The molecule has 0 bridgehead atoms. The summed E-state index contributed by atoms with van der Waals surface area (Å²) in [5, 5.41) is 11.7. The minimum absolute atomic E-state index is 0.380. The first-order chi connectivity index (χ1) is 12.7. The number of hydrogen-bond acceptors (Lipinski definition) is 5. The van der Waals surface area contributed by atoms with Crippen molar-refractivity contribution in [2.45, 2.75) is 45.3 Å². The van der Waals surface area contributed by atoms with Crippen LogP contribution in [-0.4, -0.2) is 34.9 Å². The SMILES string of the molecule is COc1ccc(CN=C(N)NCc2nnc3n2CCCCC3)cc1OC. The van der Waals surface area contributed by atoms with E-state index in [1.165, 1.54) is 19.3 Å². The van der Waals surface area contributed by atoms with Crippen LogP contribution in [0.25, 0.3) is 0 Å². The van der Waals surface area contributed by atoms with E-state index in [1.807, 2.05) is 18.2 Å². The Balaban J connectivity index is 1.58. The molecule has 140 valence electrons. The number of guanidine groups is 1. The first-order valence-electron chi connectivity index (χ1n) is 8.87. The highest BCUT2D eigenvalue weighted by molar-refractivity contribution is 5.77. The van der Waals surface area contributed by atoms with E-state index >= 15 is 0 Å². The molecule has 8 heteroatoms. The number of nitrogens with two attached hydrogens (primary N) is 1. The molecule has 0 aliphatic carbocycles. The second-order valence-electron chi connectivity index (χ2n) is 6.24. The van der Waals surface area contributed by atoms with Crippen LogP contribution < -0.4 is 20.5 Å². The molecule has 0 radical (unpaired) electrons. The molecule has 8 nitrogen and oxygen atoms in total. The number of methoxy groups -OCH3 is 2. The van der Waals surface area contributed by atoms with E-state index in [1.54, 1.807) is 14.2 Å². The Morgan fingerprint density at radius 3 is 2.85 bits per heavy atom. The molecule has 1 aromatic carbocycles. The number of fused-ring (bicyclic) bond motifs is 1. The Kier molecular flexibility index (Phi) is 5.93. The summed E-state index contributed by atoms with van der Waals surface area (Å²) in [6.45, 7) is 1.95. The van der Waals surface area contributed by atoms with Crippen molar-refractivity contribution in [1.82, 2.24) is 20.1 Å². The number of aliphatic imine (C=N–C) groups is 1. The number of aryl methyl sites for hydroxylation is 1. The third kappa shape index (κ3) is 4.25. The van der Waals surface area contributed by atoms with Crippen LogP contribution in [-0.2, 0) is 26.1 Å². The fraction of sp³-hybridized carbons (Fsp3) is 0.500. The zero-order valence-corrected chi connectivity index (χ0v) is 15.4. The fourth-order valence-electron chi connectivity index (χ4n) is 3.06. The van der Waals surface area contributed by atoms with Crippen LogP contribution in [0.2, 0.25) is 0 Å². The predicted molar refractivity (Wildman–Crippen MR) is 99.3 cm³/mol. The summed E-state index contributed by atoms with van der Waals surface area (Å²) < 4.78 is 12.7. The van der Waals surface area contributed by atoms with Crippen molar-refractivity contribution in [3.63, 3.8) is 0 Å². The van der Waals surface area contributed by atoms with Crippen molar-refractivity contribution >= 4 is 5.96 Å². The van der Waals surface area contributed by atoms with Crippen LogP contribution in [0.1, 0.15) is 36.5 Å². The minimum atomic E-state index is 0.380. The summed E-state index contributed by atoms with van der Waals surface area (Å²) in [7, 11) is 3.23. The summed E-state index contributed by atoms with van der Waals surface area (Å²) in [6, 6.07) is 5.70. The van der Waals surface area contributed by atoms with E-state index in [2.05, 4.69) is 25.1 Å². The average molecular weight is 358 g/mol. The Bertz CT molecular complexity index is 771. The number of rotatable bonds is 6. The molecule has 3 rings (SSSR count). The van der Waals surface area contributed by atoms with Crippen molar-refractivity contribution in [2.75, 3.05) is 14.2 Å². The van der Waals surface area contributed by atoms with E-state index in [0.29, 0.717) is 30.5 Å². The van der Waals surface area contributed by atoms with E-state index in [-0.39, 0.29) is 0 Å². The van der Waals surface area contributed by atoms with E-state index in [9.17, 15) is 0 Å². The lowest BCUT2D eigenvalue weighted by molar-refractivity contribution is 0.354. The van der Waals surface area contributed by atoms with Crippen LogP contribution >= 0.6 is 0 Å². The van der Waals surface area contributed by atoms with Gasteiger partial charge in [-0.1, -0.05) is 12.5 Å². The molecule has 0 atom stereocenters. The summed E-state index contributed by atoms with van der Waals surface area (Å²) >= 11 is 0. The molecule has 1 aliphatic heterocycles. The highest BCUT2D eigenvalue weighted by Crippen LogP contribution is 2.27. The Hall–Kier alpha value is -2.77. The van der Waals surface area contributed by atoms with Gasteiger partial charge in [-0.25, -0.2) is 4.99 Å². The molecule has 1 aromatic heterocycles. The van der Waals surface area contributed by atoms with Gasteiger partial charge in [0.25, 0.3) is 0 Å². The predicted octanol–water partition coefficient (Wildman–Crippen LogP) is 1.63. The van der Waals surface area contributed by atoms with Gasteiger partial charge in [0.05, 0.1) is 27.3 Å². The zero-order chi connectivity index (χ0) is 18.4. The maximum Gasteiger partial charge on any atom is 0.189 e. The van der Waals surface area contributed by atoms with Gasteiger partial charge in [0.2, 0.25) is 0 Å². The van der Waals surface area contributed by atoms with Gasteiger partial charge in [0.1, 0.15) is 5.82 Å². The zero-order valence-electron chi connectivity index (χ0n) is 15.4. The lowest BCUT2D eigenvalue weighted by Gasteiger charge is -2.10. The van der Waals surface area contributed by atoms with Crippen molar-refractivity contribution in [2.24, 2.45) is 10.7 Å². The Labute approximate surface area is 153 Å². The van der Waals surface area contributed by atoms with Crippen LogP contribution in [0.4, 0.5) is 0 Å². The van der Waals surface area contributed by atoms with Crippen molar-refractivity contribution in [3.05, 3.63) is 35.4 Å². The van der Waals surface area contributed by atoms with Gasteiger partial charge >= 0.3 is 0 Å². The van der Waals surface area contributed by atoms with Crippen LogP contribution in [0.5, 0.6) is 11.5 Å². The normalized spacial score (nSPS) is 14.5. The number of benzene rings is 1. The molecule has 1 aliphatic rings. The third-order valence-corrected chi connectivity index (χ3v) is 4.49. The fourth-order valence-corrected chi connectivity index (χ4v) is 3.06. The van der Waals surface area contributed by atoms with Gasteiger partial charge in [-0.3, -0.25) is 0 Å². The second-order valence-corrected chi connectivity index (χ2v) is 6.24. The quantitative estimate of drug-likeness (QED) is 0.601. The Morgan fingerprint density at radius 1 is 1.19 bits per heavy atom. The summed E-state index contributed by atoms with van der Waals surface area (Å²) in [4.78, 5) is 4.38. The van der Waals surface area contributed by atoms with E-state index in [0.717, 1.165) is 30.2 Å². The molecule has 0 saturated carbocycles. The molecule has 3 N–H and O–H groups in total. The largest absolute Gasteiger partial charge is 0.493 e. The number of ether oxygens (including phenoxy) is 2. The van der Waals surface area contributed by atoms with E-state index < -0.39 is 0 Å². The molecule has 0 fully saturated rings. The molecule has 0 amide bonds. The van der Waals surface area contributed by atoms with Gasteiger partial charge < -0.3 is 25.1 Å². The summed E-state index contributed by atoms with van der Waals surface area (Å²) in [5.74, 6) is 3.73. The molecule has 2 aromatic rings. The first kappa shape index (κ1) is 18.0. The smallest absolute Gasteiger partial charge is 0.189 e. The first-order valence-corrected chi connectivity index (χ1v) is 8.87. The van der Waals surface area contributed by atoms with Crippen LogP contribution in [0.15, 0.2) is 23.2 Å². The van der Waals surface area contributed by atoms with Crippen molar-refractivity contribution in [1.29, 1.82) is 0 Å². The lowest BCUT2D eigenvalue weighted by Crippen LogP contribution is -2.32.